The standard InChI is InChI=1S/C61H53FN3O.Ir/c62-51-29-30-52-53-20-11-21-54(61(53)66-60(52)35-51)57-31-26-41(38-63-57)22-23-42-32-43(24-27-49-39-64-58(47-16-3-1-4-17-47)36-55(49)45-12-7-8-13-45)34-44(33-42)25-28-50-40-65-59(48-18-5-2-6-19-48)37-56(50)46-14-9-10-15-46;/h1-6,11,16,18,20,26,29-40,45-46H,7-10,12-15,22-25,27-28H2;/q-3;+3/i22D2,23D2,24D2,25D2,27D2,28D2;. The zero-order chi connectivity index (χ0) is 55.0. The number of hydrogen-bond acceptors (Lipinski definition) is 4. The van der Waals surface area contributed by atoms with Crippen molar-refractivity contribution in [1.82, 2.24) is 15.0 Å². The van der Waals surface area contributed by atoms with Crippen LogP contribution >= 0.6 is 0 Å². The summed E-state index contributed by atoms with van der Waals surface area (Å²) in [7, 11) is 0. The number of aromatic nitrogens is 3. The second-order valence-electron chi connectivity index (χ2n) is 17.1. The van der Waals surface area contributed by atoms with E-state index in [0.717, 1.165) is 75.8 Å². The van der Waals surface area contributed by atoms with Crippen LogP contribution in [0.3, 0.4) is 0 Å². The zero-order valence-electron chi connectivity index (χ0n) is 48.6. The first-order valence-corrected chi connectivity index (χ1v) is 22.7. The maximum Gasteiger partial charge on any atom is 3.00 e. The van der Waals surface area contributed by atoms with Crippen molar-refractivity contribution in [3.05, 3.63) is 208 Å². The topological polar surface area (TPSA) is 51.8 Å². The van der Waals surface area contributed by atoms with Gasteiger partial charge in [0.25, 0.3) is 0 Å². The van der Waals surface area contributed by atoms with Gasteiger partial charge in [0.15, 0.2) is 0 Å². The molecule has 334 valence electrons. The van der Waals surface area contributed by atoms with Crippen LogP contribution in [0.15, 0.2) is 144 Å². The minimum absolute atomic E-state index is 0. The summed E-state index contributed by atoms with van der Waals surface area (Å²) in [4.78, 5) is 13.8. The predicted molar refractivity (Wildman–Crippen MR) is 264 cm³/mol. The number of benzene rings is 5. The summed E-state index contributed by atoms with van der Waals surface area (Å²) in [5.74, 6) is -0.751. The fourth-order valence-corrected chi connectivity index (χ4v) is 9.49. The van der Waals surface area contributed by atoms with Gasteiger partial charge in [-0.3, -0.25) is 0 Å². The Morgan fingerprint density at radius 2 is 1.07 bits per heavy atom. The largest absolute Gasteiger partial charge is 3.00 e. The number of aryl methyl sites for hydroxylation is 6. The van der Waals surface area contributed by atoms with Crippen molar-refractivity contribution in [2.24, 2.45) is 0 Å². The van der Waals surface area contributed by atoms with Gasteiger partial charge < -0.3 is 19.4 Å². The van der Waals surface area contributed by atoms with Gasteiger partial charge in [0.05, 0.1) is 5.58 Å². The van der Waals surface area contributed by atoms with Crippen LogP contribution in [-0.2, 0) is 58.3 Å². The molecule has 0 N–H and O–H groups in total. The van der Waals surface area contributed by atoms with E-state index >= 15 is 0 Å². The van der Waals surface area contributed by atoms with E-state index in [9.17, 15) is 20.8 Å². The van der Waals surface area contributed by atoms with Gasteiger partial charge in [-0.05, 0) is 149 Å². The van der Waals surface area contributed by atoms with Crippen molar-refractivity contribution in [3.63, 3.8) is 0 Å². The summed E-state index contributed by atoms with van der Waals surface area (Å²) in [6.45, 7) is 0. The van der Waals surface area contributed by atoms with E-state index in [0.29, 0.717) is 61.1 Å². The number of hydrogen-bond donors (Lipinski definition) is 0. The molecule has 0 aliphatic heterocycles. The van der Waals surface area contributed by atoms with Crippen molar-refractivity contribution in [1.29, 1.82) is 0 Å². The molecule has 0 radical (unpaired) electrons. The normalized spacial score (nSPS) is 18.2. The first kappa shape index (κ1) is 32.6. The Morgan fingerprint density at radius 1 is 0.522 bits per heavy atom. The van der Waals surface area contributed by atoms with Crippen LogP contribution < -0.4 is 0 Å². The number of rotatable bonds is 14. The van der Waals surface area contributed by atoms with Gasteiger partial charge in [-0.1, -0.05) is 79.1 Å². The molecule has 11 rings (SSSR count). The molecule has 0 bridgehead atoms. The molecule has 9 aromatic rings. The Labute approximate surface area is 424 Å². The first-order valence-electron chi connectivity index (χ1n) is 28.7. The fourth-order valence-electron chi connectivity index (χ4n) is 9.49. The minimum Gasteiger partial charge on any atom is -0.500 e. The second-order valence-corrected chi connectivity index (χ2v) is 17.1. The van der Waals surface area contributed by atoms with Gasteiger partial charge in [-0.2, -0.15) is 0 Å². The monoisotopic (exact) mass is 1070 g/mol. The Hall–Kier alpha value is -6.07. The Kier molecular flexibility index (Phi) is 9.94. The average Bonchev–Trinajstić information content (AvgIpc) is 4.30. The van der Waals surface area contributed by atoms with Gasteiger partial charge in [0, 0.05) is 46.5 Å². The predicted octanol–water partition coefficient (Wildman–Crippen LogP) is 15.0. The van der Waals surface area contributed by atoms with Gasteiger partial charge >= 0.3 is 20.1 Å². The third-order valence-corrected chi connectivity index (χ3v) is 12.8. The van der Waals surface area contributed by atoms with E-state index in [1.807, 2.05) is 36.4 Å². The van der Waals surface area contributed by atoms with E-state index in [4.69, 9.17) is 4.42 Å². The third-order valence-electron chi connectivity index (χ3n) is 12.8. The SMILES string of the molecule is [2H]C([2H])(c1ccc(-c2[c-]ccc3c2oc2cc(F)ccc23)nc1)C([2H])([2H])c1cc(C([2H])([2H])C([2H])([2H])c2cnc(-c3[c-]cccc3)cc2C2CCCC2)cc(C([2H])([2H])C([2H])([2H])c2cnc(-c3[c-]cccc3)cc2C2CCCC2)c1.[Ir+3]. The third kappa shape index (κ3) is 9.98. The molecule has 2 aliphatic rings. The maximum atomic E-state index is 14.2. The van der Waals surface area contributed by atoms with Crippen molar-refractivity contribution in [2.45, 2.75) is 101 Å². The van der Waals surface area contributed by atoms with Crippen LogP contribution in [0, 0.1) is 24.0 Å². The summed E-state index contributed by atoms with van der Waals surface area (Å²) in [5, 5.41) is 1.33. The second kappa shape index (κ2) is 20.4. The van der Waals surface area contributed by atoms with Gasteiger partial charge in [-0.25, -0.2) is 4.39 Å². The van der Waals surface area contributed by atoms with E-state index in [2.05, 4.69) is 33.2 Å². The smallest absolute Gasteiger partial charge is 0.500 e. The summed E-state index contributed by atoms with van der Waals surface area (Å²) in [5.41, 5.74) is 2.88. The first-order chi connectivity index (χ1) is 37.1. The molecular formula is C61H53FIrN3O. The zero-order valence-corrected chi connectivity index (χ0v) is 38.9. The molecule has 0 atom stereocenters. The number of halogens is 1. The quantitative estimate of drug-likeness (QED) is 0.102. The van der Waals surface area contributed by atoms with Crippen LogP contribution in [0.25, 0.3) is 55.7 Å². The molecule has 6 heteroatoms. The molecule has 4 heterocycles. The molecule has 0 unspecified atom stereocenters. The number of fused-ring (bicyclic) bond motifs is 3. The van der Waals surface area contributed by atoms with E-state index in [1.54, 1.807) is 42.5 Å². The minimum atomic E-state index is -3.14. The van der Waals surface area contributed by atoms with Crippen molar-refractivity contribution in [3.8, 4) is 33.8 Å². The molecule has 2 fully saturated rings. The summed E-state index contributed by atoms with van der Waals surface area (Å²) in [6.07, 6.45) is -7.93. The average molecular weight is 1070 g/mol. The molecule has 2 aliphatic carbocycles. The van der Waals surface area contributed by atoms with E-state index in [-0.39, 0.29) is 54.3 Å². The molecule has 0 amide bonds. The number of nitrogens with zero attached hydrogens (tertiary/aromatic N) is 3. The summed E-state index contributed by atoms with van der Waals surface area (Å²) < 4.78 is 137. The maximum absolute atomic E-state index is 14.2. The van der Waals surface area contributed by atoms with Crippen molar-refractivity contribution >= 4 is 21.9 Å². The number of furan rings is 1. The number of pyridine rings is 3. The summed E-state index contributed by atoms with van der Waals surface area (Å²) >= 11 is 0. The Bertz CT molecular complexity index is 3550. The Balaban J connectivity index is 0.00000704. The van der Waals surface area contributed by atoms with Crippen LogP contribution in [-0.4, -0.2) is 15.0 Å². The molecule has 0 saturated heterocycles. The van der Waals surface area contributed by atoms with Gasteiger partial charge in [0.2, 0.25) is 0 Å². The van der Waals surface area contributed by atoms with Crippen LogP contribution in [0.4, 0.5) is 4.39 Å². The van der Waals surface area contributed by atoms with Crippen LogP contribution in [0.5, 0.6) is 0 Å². The molecule has 0 spiro atoms. The van der Waals surface area contributed by atoms with E-state index < -0.39 is 60.7 Å². The molecule has 4 nitrogen and oxygen atoms in total. The molecule has 5 aromatic carbocycles. The van der Waals surface area contributed by atoms with Crippen LogP contribution in [0.1, 0.15) is 124 Å². The van der Waals surface area contributed by atoms with Crippen molar-refractivity contribution in [2.75, 3.05) is 0 Å². The van der Waals surface area contributed by atoms with Crippen LogP contribution in [0.2, 0.25) is 0 Å². The Morgan fingerprint density at radius 3 is 1.61 bits per heavy atom. The fraction of sp³-hybridized carbons (Fsp3) is 0.262. The summed E-state index contributed by atoms with van der Waals surface area (Å²) in [6, 6.07) is 41.0. The van der Waals surface area contributed by atoms with Gasteiger partial charge in [-0.15, -0.1) is 90.0 Å². The van der Waals surface area contributed by atoms with E-state index in [1.165, 1.54) is 36.7 Å². The molecule has 2 saturated carbocycles. The van der Waals surface area contributed by atoms with Gasteiger partial charge in [0.1, 0.15) is 11.4 Å². The van der Waals surface area contributed by atoms with Crippen molar-refractivity contribution < 1.29 is 45.4 Å². The molecule has 4 aromatic heterocycles. The molecular weight excluding hydrogens is 1000 g/mol. The molecule has 67 heavy (non-hydrogen) atoms.